The maximum absolute atomic E-state index is 13.1. The minimum absolute atomic E-state index is 0.171. The Morgan fingerprint density at radius 1 is 1.40 bits per heavy atom. The summed E-state index contributed by atoms with van der Waals surface area (Å²) in [4.78, 5) is 4.48. The number of imidazole rings is 1. The second-order valence-electron chi connectivity index (χ2n) is 5.00. The Labute approximate surface area is 118 Å². The lowest BCUT2D eigenvalue weighted by Crippen LogP contribution is -2.13. The molecule has 4 nitrogen and oxygen atoms in total. The van der Waals surface area contributed by atoms with Gasteiger partial charge in [-0.25, -0.2) is 9.37 Å². The van der Waals surface area contributed by atoms with E-state index < -0.39 is 0 Å². The molecular formula is C15H20FN3O. The molecule has 0 radical (unpaired) electrons. The first kappa shape index (κ1) is 14.5. The number of anilines is 2. The van der Waals surface area contributed by atoms with E-state index in [0.717, 1.165) is 22.9 Å². The molecule has 0 saturated heterocycles. The number of nitrogens with one attached hydrogen (secondary N) is 1. The normalized spacial score (nSPS) is 12.4. The zero-order valence-corrected chi connectivity index (χ0v) is 12.3. The van der Waals surface area contributed by atoms with Crippen molar-refractivity contribution in [2.75, 3.05) is 19.0 Å². The van der Waals surface area contributed by atoms with Crippen molar-refractivity contribution in [1.82, 2.24) is 9.55 Å². The van der Waals surface area contributed by atoms with E-state index in [2.05, 4.69) is 17.2 Å². The standard InChI is InChI=1S/C15H20FN3O/c1-10-7-13(16)5-6-14(10)18-15-17-11(2)8-19(15)12(3)9-20-4/h5-8,12H,9H2,1-4H3,(H,17,18). The van der Waals surface area contributed by atoms with Gasteiger partial charge in [-0.1, -0.05) is 0 Å². The monoisotopic (exact) mass is 277 g/mol. The van der Waals surface area contributed by atoms with Crippen LogP contribution in [0.25, 0.3) is 0 Å². The lowest BCUT2D eigenvalue weighted by atomic mass is 10.2. The summed E-state index contributed by atoms with van der Waals surface area (Å²) < 4.78 is 20.3. The van der Waals surface area contributed by atoms with Crippen molar-refractivity contribution in [3.63, 3.8) is 0 Å². The molecular weight excluding hydrogens is 257 g/mol. The van der Waals surface area contributed by atoms with E-state index in [0.29, 0.717) is 6.61 Å². The Morgan fingerprint density at radius 3 is 2.80 bits per heavy atom. The molecule has 108 valence electrons. The van der Waals surface area contributed by atoms with Crippen molar-refractivity contribution in [2.45, 2.75) is 26.8 Å². The van der Waals surface area contributed by atoms with E-state index in [1.54, 1.807) is 13.2 Å². The van der Waals surface area contributed by atoms with Gasteiger partial charge in [-0.2, -0.15) is 0 Å². The lowest BCUT2D eigenvalue weighted by Gasteiger charge is -2.17. The number of nitrogens with zero attached hydrogens (tertiary/aromatic N) is 2. The number of methoxy groups -OCH3 is 1. The number of halogens is 1. The summed E-state index contributed by atoms with van der Waals surface area (Å²) in [7, 11) is 1.68. The first-order valence-corrected chi connectivity index (χ1v) is 6.59. The topological polar surface area (TPSA) is 39.1 Å². The molecule has 0 spiro atoms. The van der Waals surface area contributed by atoms with Crippen LogP contribution in [-0.2, 0) is 4.74 Å². The predicted octanol–water partition coefficient (Wildman–Crippen LogP) is 3.59. The van der Waals surface area contributed by atoms with Crippen LogP contribution in [0.5, 0.6) is 0 Å². The van der Waals surface area contributed by atoms with Crippen LogP contribution in [0.2, 0.25) is 0 Å². The molecule has 1 atom stereocenters. The van der Waals surface area contributed by atoms with E-state index in [1.807, 2.05) is 24.6 Å². The third-order valence-corrected chi connectivity index (χ3v) is 3.17. The first-order valence-electron chi connectivity index (χ1n) is 6.59. The fraction of sp³-hybridized carbons (Fsp3) is 0.400. The highest BCUT2D eigenvalue weighted by atomic mass is 19.1. The third kappa shape index (κ3) is 3.17. The molecule has 0 aliphatic carbocycles. The van der Waals surface area contributed by atoms with Crippen molar-refractivity contribution in [3.05, 3.63) is 41.5 Å². The van der Waals surface area contributed by atoms with Gasteiger partial charge < -0.3 is 14.6 Å². The second kappa shape index (κ2) is 6.05. The maximum Gasteiger partial charge on any atom is 0.207 e. The highest BCUT2D eigenvalue weighted by molar-refractivity contribution is 5.58. The van der Waals surface area contributed by atoms with Crippen LogP contribution in [-0.4, -0.2) is 23.3 Å². The number of benzene rings is 1. The van der Waals surface area contributed by atoms with Gasteiger partial charge in [-0.3, -0.25) is 0 Å². The van der Waals surface area contributed by atoms with E-state index in [9.17, 15) is 4.39 Å². The lowest BCUT2D eigenvalue weighted by molar-refractivity contribution is 0.163. The highest BCUT2D eigenvalue weighted by Gasteiger charge is 2.12. The summed E-state index contributed by atoms with van der Waals surface area (Å²) in [5.74, 6) is 0.502. The van der Waals surface area contributed by atoms with Gasteiger partial charge in [0.05, 0.1) is 18.3 Å². The van der Waals surface area contributed by atoms with Crippen molar-refractivity contribution in [1.29, 1.82) is 0 Å². The fourth-order valence-corrected chi connectivity index (χ4v) is 2.15. The van der Waals surface area contributed by atoms with Gasteiger partial charge in [-0.15, -0.1) is 0 Å². The number of hydrogen-bond donors (Lipinski definition) is 1. The first-order chi connectivity index (χ1) is 9.51. The Bertz CT molecular complexity index is 595. The van der Waals surface area contributed by atoms with E-state index in [-0.39, 0.29) is 11.9 Å². The van der Waals surface area contributed by atoms with Gasteiger partial charge in [0.1, 0.15) is 5.82 Å². The molecule has 0 amide bonds. The van der Waals surface area contributed by atoms with E-state index >= 15 is 0 Å². The summed E-state index contributed by atoms with van der Waals surface area (Å²) in [6, 6.07) is 4.83. The molecule has 0 bridgehead atoms. The molecule has 2 rings (SSSR count). The molecule has 0 saturated carbocycles. The molecule has 1 unspecified atom stereocenters. The molecule has 1 N–H and O–H groups in total. The Kier molecular flexibility index (Phi) is 4.39. The van der Waals surface area contributed by atoms with Crippen LogP contribution in [0.4, 0.5) is 16.0 Å². The van der Waals surface area contributed by atoms with Crippen LogP contribution in [0, 0.1) is 19.7 Å². The van der Waals surface area contributed by atoms with Crippen molar-refractivity contribution in [2.24, 2.45) is 0 Å². The Morgan fingerprint density at radius 2 is 2.15 bits per heavy atom. The molecule has 20 heavy (non-hydrogen) atoms. The average molecular weight is 277 g/mol. The van der Waals surface area contributed by atoms with Gasteiger partial charge in [-0.05, 0) is 44.5 Å². The summed E-state index contributed by atoms with van der Waals surface area (Å²) in [5.41, 5.74) is 2.62. The van der Waals surface area contributed by atoms with Crippen molar-refractivity contribution in [3.8, 4) is 0 Å². The summed E-state index contributed by atoms with van der Waals surface area (Å²) in [6.45, 7) is 6.48. The smallest absolute Gasteiger partial charge is 0.207 e. The Hall–Kier alpha value is -1.88. The van der Waals surface area contributed by atoms with E-state index in [4.69, 9.17) is 4.74 Å². The number of hydrogen-bond acceptors (Lipinski definition) is 3. The van der Waals surface area contributed by atoms with Gasteiger partial charge in [0, 0.05) is 19.0 Å². The molecule has 0 aliphatic rings. The van der Waals surface area contributed by atoms with E-state index in [1.165, 1.54) is 12.1 Å². The predicted molar refractivity (Wildman–Crippen MR) is 78.0 cm³/mol. The van der Waals surface area contributed by atoms with Crippen LogP contribution < -0.4 is 5.32 Å². The molecule has 1 heterocycles. The Balaban J connectivity index is 2.29. The maximum atomic E-state index is 13.1. The summed E-state index contributed by atoms with van der Waals surface area (Å²) >= 11 is 0. The quantitative estimate of drug-likeness (QED) is 0.907. The minimum Gasteiger partial charge on any atom is -0.383 e. The van der Waals surface area contributed by atoms with Crippen LogP contribution in [0.1, 0.15) is 24.2 Å². The van der Waals surface area contributed by atoms with Crippen molar-refractivity contribution >= 4 is 11.6 Å². The van der Waals surface area contributed by atoms with Gasteiger partial charge in [0.2, 0.25) is 5.95 Å². The SMILES string of the molecule is COCC(C)n1cc(C)nc1Nc1ccc(F)cc1C. The number of ether oxygens (including phenoxy) is 1. The fourth-order valence-electron chi connectivity index (χ4n) is 2.15. The largest absolute Gasteiger partial charge is 0.383 e. The summed E-state index contributed by atoms with van der Waals surface area (Å²) in [5, 5.41) is 3.26. The zero-order valence-electron chi connectivity index (χ0n) is 12.3. The number of aromatic nitrogens is 2. The molecule has 1 aromatic heterocycles. The van der Waals surface area contributed by atoms with Crippen LogP contribution in [0.15, 0.2) is 24.4 Å². The van der Waals surface area contributed by atoms with Gasteiger partial charge in [0.25, 0.3) is 0 Å². The highest BCUT2D eigenvalue weighted by Crippen LogP contribution is 2.23. The molecule has 1 aromatic carbocycles. The number of rotatable bonds is 5. The molecule has 2 aromatic rings. The minimum atomic E-state index is -0.236. The average Bonchev–Trinajstić information content (AvgIpc) is 2.74. The second-order valence-corrected chi connectivity index (χ2v) is 5.00. The molecule has 0 fully saturated rings. The van der Waals surface area contributed by atoms with Crippen LogP contribution in [0.3, 0.4) is 0 Å². The molecule has 0 aliphatic heterocycles. The van der Waals surface area contributed by atoms with Gasteiger partial charge in [0.15, 0.2) is 0 Å². The zero-order chi connectivity index (χ0) is 14.7. The molecule has 5 heteroatoms. The van der Waals surface area contributed by atoms with Gasteiger partial charge >= 0.3 is 0 Å². The summed E-state index contributed by atoms with van der Waals surface area (Å²) in [6.07, 6.45) is 1.98. The third-order valence-electron chi connectivity index (χ3n) is 3.17. The van der Waals surface area contributed by atoms with Crippen LogP contribution >= 0.6 is 0 Å². The number of aryl methyl sites for hydroxylation is 2. The van der Waals surface area contributed by atoms with Crippen molar-refractivity contribution < 1.29 is 9.13 Å².